The number of carbonyl (C=O) groups excluding carboxylic acids is 1. The first-order valence-electron chi connectivity index (χ1n) is 10.4. The van der Waals surface area contributed by atoms with Crippen LogP contribution >= 0.6 is 0 Å². The Morgan fingerprint density at radius 2 is 1.91 bits per heavy atom. The Morgan fingerprint density at radius 3 is 2.59 bits per heavy atom. The van der Waals surface area contributed by atoms with Crippen molar-refractivity contribution in [3.63, 3.8) is 0 Å². The van der Waals surface area contributed by atoms with E-state index in [1.807, 2.05) is 11.0 Å². The van der Waals surface area contributed by atoms with Crippen LogP contribution in [0.2, 0.25) is 0 Å². The van der Waals surface area contributed by atoms with Gasteiger partial charge >= 0.3 is 6.18 Å². The molecule has 10 heteroatoms. The van der Waals surface area contributed by atoms with Crippen molar-refractivity contribution in [2.45, 2.75) is 32.0 Å². The third-order valence-corrected chi connectivity index (χ3v) is 5.73. The van der Waals surface area contributed by atoms with Crippen molar-refractivity contribution >= 4 is 11.7 Å². The summed E-state index contributed by atoms with van der Waals surface area (Å²) in [5, 5.41) is 11.4. The molecule has 1 aliphatic rings. The van der Waals surface area contributed by atoms with E-state index in [2.05, 4.69) is 27.4 Å². The van der Waals surface area contributed by atoms with Crippen LogP contribution in [0.3, 0.4) is 0 Å². The molecule has 3 aromatic rings. The number of hydrogen-bond acceptors (Lipinski definition) is 5. The van der Waals surface area contributed by atoms with E-state index in [4.69, 9.17) is 0 Å². The van der Waals surface area contributed by atoms with Gasteiger partial charge in [-0.2, -0.15) is 28.2 Å². The molecule has 2 aromatic heterocycles. The van der Waals surface area contributed by atoms with E-state index in [0.717, 1.165) is 25.1 Å². The molecule has 1 fully saturated rings. The van der Waals surface area contributed by atoms with Crippen LogP contribution in [0.1, 0.15) is 35.7 Å². The van der Waals surface area contributed by atoms with Crippen molar-refractivity contribution in [1.29, 1.82) is 0 Å². The second kappa shape index (κ2) is 8.97. The van der Waals surface area contributed by atoms with Gasteiger partial charge in [0.25, 0.3) is 5.91 Å². The molecule has 0 radical (unpaired) electrons. The average Bonchev–Trinajstić information content (AvgIpc) is 3.32. The second-order valence-electron chi connectivity index (χ2n) is 7.83. The van der Waals surface area contributed by atoms with Gasteiger partial charge in [-0.3, -0.25) is 4.79 Å². The first-order chi connectivity index (χ1) is 15.3. The van der Waals surface area contributed by atoms with Crippen molar-refractivity contribution < 1.29 is 18.0 Å². The van der Waals surface area contributed by atoms with E-state index in [1.165, 1.54) is 10.9 Å². The van der Waals surface area contributed by atoms with Gasteiger partial charge in [0.2, 0.25) is 0 Å². The average molecular weight is 444 g/mol. The number of likely N-dealkylation sites (tertiary alicyclic amines) is 1. The van der Waals surface area contributed by atoms with Crippen LogP contribution in [0, 0.1) is 5.92 Å². The van der Waals surface area contributed by atoms with Gasteiger partial charge in [-0.1, -0.05) is 19.1 Å². The maximum absolute atomic E-state index is 13.5. The highest BCUT2D eigenvalue weighted by atomic mass is 19.4. The highest BCUT2D eigenvalue weighted by Crippen LogP contribution is 2.30. The van der Waals surface area contributed by atoms with Crippen LogP contribution in [0.4, 0.5) is 19.0 Å². The monoisotopic (exact) mass is 444 g/mol. The predicted molar refractivity (Wildman–Crippen MR) is 112 cm³/mol. The summed E-state index contributed by atoms with van der Waals surface area (Å²) in [7, 11) is 0. The van der Waals surface area contributed by atoms with Gasteiger partial charge in [0.15, 0.2) is 0 Å². The highest BCUT2D eigenvalue weighted by Gasteiger charge is 2.34. The number of alkyl halides is 3. The summed E-state index contributed by atoms with van der Waals surface area (Å²) in [4.78, 5) is 20.6. The molecule has 32 heavy (non-hydrogen) atoms. The summed E-state index contributed by atoms with van der Waals surface area (Å²) in [5.41, 5.74) is 0.294. The first kappa shape index (κ1) is 21.8. The Kier molecular flexibility index (Phi) is 6.11. The van der Waals surface area contributed by atoms with Crippen LogP contribution in [-0.4, -0.2) is 49.9 Å². The lowest BCUT2D eigenvalue weighted by Crippen LogP contribution is -2.51. The smallest absolute Gasteiger partial charge is 0.368 e. The van der Waals surface area contributed by atoms with Crippen molar-refractivity contribution in [2.75, 3.05) is 18.4 Å². The summed E-state index contributed by atoms with van der Waals surface area (Å²) in [6.07, 6.45) is 1.32. The van der Waals surface area contributed by atoms with Gasteiger partial charge in [-0.05, 0) is 43.0 Å². The summed E-state index contributed by atoms with van der Waals surface area (Å²) in [5.74, 6) is 0.422. The molecule has 3 heterocycles. The number of amides is 1. The summed E-state index contributed by atoms with van der Waals surface area (Å²) in [6, 6.07) is 9.33. The number of nitrogens with zero attached hydrogens (tertiary/aromatic N) is 5. The lowest BCUT2D eigenvalue weighted by molar-refractivity contribution is -0.137. The van der Waals surface area contributed by atoms with Crippen molar-refractivity contribution in [1.82, 2.24) is 24.9 Å². The number of hydrogen-bond donors (Lipinski definition) is 1. The molecule has 1 aliphatic heterocycles. The fraction of sp³-hybridized carbons (Fsp3) is 0.364. The summed E-state index contributed by atoms with van der Waals surface area (Å²) in [6.45, 7) is 3.05. The maximum Gasteiger partial charge on any atom is 0.417 e. The molecule has 4 rings (SSSR count). The molecule has 1 amide bonds. The van der Waals surface area contributed by atoms with Crippen molar-refractivity contribution in [2.24, 2.45) is 5.92 Å². The van der Waals surface area contributed by atoms with Gasteiger partial charge in [0.1, 0.15) is 5.82 Å². The molecule has 1 unspecified atom stereocenters. The largest absolute Gasteiger partial charge is 0.417 e. The van der Waals surface area contributed by atoms with E-state index in [0.29, 0.717) is 30.2 Å². The fourth-order valence-corrected chi connectivity index (χ4v) is 4.01. The number of piperidine rings is 1. The predicted octanol–water partition coefficient (Wildman–Crippen LogP) is 4.03. The minimum absolute atomic E-state index is 0.128. The van der Waals surface area contributed by atoms with Crippen LogP contribution in [0.5, 0.6) is 0 Å². The van der Waals surface area contributed by atoms with E-state index >= 15 is 0 Å². The molecule has 1 aromatic carbocycles. The number of benzene rings is 1. The molecule has 0 saturated carbocycles. The summed E-state index contributed by atoms with van der Waals surface area (Å²) < 4.78 is 38.3. The molecular formula is C22H23F3N6O. The zero-order chi connectivity index (χ0) is 22.7. The number of para-hydroxylation sites is 1. The van der Waals surface area contributed by atoms with E-state index in [1.54, 1.807) is 30.6 Å². The Labute approximate surface area is 183 Å². The zero-order valence-electron chi connectivity index (χ0n) is 17.5. The van der Waals surface area contributed by atoms with Gasteiger partial charge < -0.3 is 10.2 Å². The molecule has 1 N–H and O–H groups in total. The number of aromatic nitrogens is 4. The normalized spacial score (nSPS) is 19.1. The zero-order valence-corrected chi connectivity index (χ0v) is 17.5. The minimum atomic E-state index is -4.43. The number of pyridine rings is 1. The quantitative estimate of drug-likeness (QED) is 0.643. The minimum Gasteiger partial charge on any atom is -0.368 e. The number of nitrogens with one attached hydrogen (secondary N) is 1. The van der Waals surface area contributed by atoms with Gasteiger partial charge in [-0.25, -0.2) is 4.98 Å². The Balaban J connectivity index is 1.53. The molecule has 168 valence electrons. The van der Waals surface area contributed by atoms with Crippen LogP contribution in [-0.2, 0) is 6.18 Å². The lowest BCUT2D eigenvalue weighted by Gasteiger charge is -2.40. The first-order valence-corrected chi connectivity index (χ1v) is 10.4. The topological polar surface area (TPSA) is 75.9 Å². The van der Waals surface area contributed by atoms with E-state index in [-0.39, 0.29) is 17.9 Å². The molecule has 0 bridgehead atoms. The van der Waals surface area contributed by atoms with Crippen LogP contribution < -0.4 is 5.32 Å². The highest BCUT2D eigenvalue weighted by molar-refractivity contribution is 5.98. The van der Waals surface area contributed by atoms with Crippen LogP contribution in [0.15, 0.2) is 55.0 Å². The molecule has 1 saturated heterocycles. The van der Waals surface area contributed by atoms with Gasteiger partial charge in [0.05, 0.1) is 35.2 Å². The molecule has 0 spiro atoms. The fourth-order valence-electron chi connectivity index (χ4n) is 4.01. The van der Waals surface area contributed by atoms with Crippen molar-refractivity contribution in [3.8, 4) is 5.69 Å². The Bertz CT molecular complexity index is 1050. The molecule has 0 aliphatic carbocycles. The number of halogens is 3. The third kappa shape index (κ3) is 4.58. The second-order valence-corrected chi connectivity index (χ2v) is 7.83. The van der Waals surface area contributed by atoms with E-state index in [9.17, 15) is 18.0 Å². The Hall–Kier alpha value is -3.43. The number of anilines is 1. The third-order valence-electron chi connectivity index (χ3n) is 5.73. The SMILES string of the molecule is CC1CCCN(C(=O)c2ccccc2-n2nccn2)[C@@H]1CNc1ccc(C(F)(F)F)cn1. The molecule has 7 nitrogen and oxygen atoms in total. The molecular weight excluding hydrogens is 421 g/mol. The lowest BCUT2D eigenvalue weighted by atomic mass is 9.90. The maximum atomic E-state index is 13.5. The molecule has 2 atom stereocenters. The van der Waals surface area contributed by atoms with Gasteiger partial charge in [-0.15, -0.1) is 0 Å². The summed E-state index contributed by atoms with van der Waals surface area (Å²) >= 11 is 0. The van der Waals surface area contributed by atoms with Gasteiger partial charge in [0, 0.05) is 19.3 Å². The number of rotatable bonds is 5. The van der Waals surface area contributed by atoms with E-state index < -0.39 is 11.7 Å². The Morgan fingerprint density at radius 1 is 1.16 bits per heavy atom. The number of carbonyl (C=O) groups is 1. The van der Waals surface area contributed by atoms with Crippen LogP contribution in [0.25, 0.3) is 5.69 Å². The van der Waals surface area contributed by atoms with Crippen molar-refractivity contribution in [3.05, 3.63) is 66.1 Å². The standard InChI is InChI=1S/C22H23F3N6O/c1-15-5-4-12-30(19(15)14-27-20-9-8-16(13-26-20)22(23,24)25)21(32)17-6-2-3-7-18(17)31-28-10-11-29-31/h2-3,6-11,13,15,19H,4-5,12,14H2,1H3,(H,26,27)/t15?,19-/m1/s1.